The molecule has 112 valence electrons. The van der Waals surface area contributed by atoms with Crippen LogP contribution in [0, 0.1) is 13.8 Å². The van der Waals surface area contributed by atoms with Crippen molar-refractivity contribution >= 4 is 23.6 Å². The lowest BCUT2D eigenvalue weighted by Gasteiger charge is -2.07. The molecule has 2 N–H and O–H groups in total. The summed E-state index contributed by atoms with van der Waals surface area (Å²) in [6.07, 6.45) is 0. The maximum Gasteiger partial charge on any atom is 0.313 e. The number of aryl methyl sites for hydroxylation is 2. The molecule has 0 atom stereocenters. The Kier molecular flexibility index (Phi) is 6.37. The predicted octanol–water partition coefficient (Wildman–Crippen LogP) is 0.350. The fourth-order valence-electron chi connectivity index (χ4n) is 1.57. The van der Waals surface area contributed by atoms with Crippen LogP contribution in [0.4, 0.5) is 0 Å². The van der Waals surface area contributed by atoms with Crippen LogP contribution in [0.25, 0.3) is 0 Å². The third-order valence-electron chi connectivity index (χ3n) is 2.58. The van der Waals surface area contributed by atoms with Crippen molar-refractivity contribution in [2.24, 2.45) is 7.05 Å². The van der Waals surface area contributed by atoms with Crippen molar-refractivity contribution in [1.29, 1.82) is 0 Å². The Bertz CT molecular complexity index is 487. The van der Waals surface area contributed by atoms with E-state index in [9.17, 15) is 9.59 Å². The van der Waals surface area contributed by atoms with Gasteiger partial charge in [-0.3, -0.25) is 14.3 Å². The number of ether oxygens (including phenoxy) is 1. The van der Waals surface area contributed by atoms with Gasteiger partial charge in [-0.2, -0.15) is 5.10 Å². The molecule has 1 aromatic rings. The monoisotopic (exact) mass is 301 g/mol. The van der Waals surface area contributed by atoms with Crippen LogP contribution in [0.15, 0.2) is 0 Å². The number of carboxylic acids is 1. The number of aromatic nitrogens is 2. The van der Waals surface area contributed by atoms with E-state index in [4.69, 9.17) is 9.84 Å². The highest BCUT2D eigenvalue weighted by molar-refractivity contribution is 7.99. The second-order valence-electron chi connectivity index (χ2n) is 4.21. The highest BCUT2D eigenvalue weighted by Crippen LogP contribution is 2.20. The van der Waals surface area contributed by atoms with Crippen LogP contribution in [0.3, 0.4) is 0 Å². The van der Waals surface area contributed by atoms with Crippen LogP contribution < -0.4 is 10.1 Å². The highest BCUT2D eigenvalue weighted by atomic mass is 32.2. The van der Waals surface area contributed by atoms with E-state index >= 15 is 0 Å². The van der Waals surface area contributed by atoms with Gasteiger partial charge in [0, 0.05) is 19.3 Å². The molecule has 0 saturated heterocycles. The molecule has 7 nitrogen and oxygen atoms in total. The maximum atomic E-state index is 11.6. The summed E-state index contributed by atoms with van der Waals surface area (Å²) >= 11 is 1.26. The number of carbonyl (C=O) groups excluding carboxylic acids is 1. The fraction of sp³-hybridized carbons (Fsp3) is 0.583. The maximum absolute atomic E-state index is 11.6. The standard InChI is InChI=1S/C12H19N3O4S/c1-8-12(9(2)15(3)14-8)19-6-10(16)13-4-5-20-7-11(17)18/h4-7H2,1-3H3,(H,13,16)(H,17,18). The number of amides is 1. The van der Waals surface area contributed by atoms with Gasteiger partial charge in [-0.05, 0) is 13.8 Å². The second kappa shape index (κ2) is 7.78. The zero-order chi connectivity index (χ0) is 15.1. The van der Waals surface area contributed by atoms with Crippen molar-refractivity contribution in [2.45, 2.75) is 13.8 Å². The first-order valence-corrected chi connectivity index (χ1v) is 7.26. The zero-order valence-electron chi connectivity index (χ0n) is 11.8. The van der Waals surface area contributed by atoms with Gasteiger partial charge in [0.1, 0.15) is 5.69 Å². The molecule has 0 bridgehead atoms. The molecule has 0 saturated carbocycles. The molecule has 1 rings (SSSR count). The minimum Gasteiger partial charge on any atom is -0.481 e. The Morgan fingerprint density at radius 3 is 2.70 bits per heavy atom. The number of hydrogen-bond acceptors (Lipinski definition) is 5. The molecule has 0 unspecified atom stereocenters. The minimum atomic E-state index is -0.854. The third-order valence-corrected chi connectivity index (χ3v) is 3.53. The Balaban J connectivity index is 2.25. The molecule has 0 radical (unpaired) electrons. The van der Waals surface area contributed by atoms with Gasteiger partial charge in [0.25, 0.3) is 5.91 Å². The Hall–Kier alpha value is -1.70. The number of carboxylic acid groups (broad SMARTS) is 1. The van der Waals surface area contributed by atoms with Crippen molar-refractivity contribution in [3.63, 3.8) is 0 Å². The van der Waals surface area contributed by atoms with Crippen LogP contribution in [-0.2, 0) is 16.6 Å². The molecule has 0 fully saturated rings. The van der Waals surface area contributed by atoms with Gasteiger partial charge < -0.3 is 15.2 Å². The van der Waals surface area contributed by atoms with Crippen molar-refractivity contribution in [3.05, 3.63) is 11.4 Å². The van der Waals surface area contributed by atoms with Crippen LogP contribution in [0.5, 0.6) is 5.75 Å². The molecular formula is C12H19N3O4S. The Morgan fingerprint density at radius 1 is 1.45 bits per heavy atom. The summed E-state index contributed by atoms with van der Waals surface area (Å²) in [5.74, 6) is 0.141. The summed E-state index contributed by atoms with van der Waals surface area (Å²) in [5.41, 5.74) is 1.61. The Morgan fingerprint density at radius 2 is 2.15 bits per heavy atom. The minimum absolute atomic E-state index is 0.0421. The molecule has 0 aliphatic carbocycles. The smallest absolute Gasteiger partial charge is 0.313 e. The SMILES string of the molecule is Cc1nn(C)c(C)c1OCC(=O)NCCSCC(=O)O. The molecule has 0 aliphatic heterocycles. The molecule has 0 aliphatic rings. The van der Waals surface area contributed by atoms with E-state index in [1.165, 1.54) is 11.8 Å². The molecule has 0 spiro atoms. The van der Waals surface area contributed by atoms with E-state index in [2.05, 4.69) is 10.4 Å². The van der Waals surface area contributed by atoms with E-state index in [0.29, 0.717) is 18.0 Å². The summed E-state index contributed by atoms with van der Waals surface area (Å²) in [6.45, 7) is 4.04. The average Bonchev–Trinajstić information content (AvgIpc) is 2.60. The van der Waals surface area contributed by atoms with Gasteiger partial charge in [0.15, 0.2) is 12.4 Å². The summed E-state index contributed by atoms with van der Waals surface area (Å²) in [4.78, 5) is 21.8. The van der Waals surface area contributed by atoms with E-state index in [1.54, 1.807) is 4.68 Å². The summed E-state index contributed by atoms with van der Waals surface area (Å²) in [6, 6.07) is 0. The Labute approximate surface area is 121 Å². The summed E-state index contributed by atoms with van der Waals surface area (Å²) in [5, 5.41) is 15.3. The van der Waals surface area contributed by atoms with E-state index in [0.717, 1.165) is 11.4 Å². The van der Waals surface area contributed by atoms with Crippen LogP contribution >= 0.6 is 11.8 Å². The van der Waals surface area contributed by atoms with Crippen LogP contribution in [0.2, 0.25) is 0 Å². The largest absolute Gasteiger partial charge is 0.481 e. The van der Waals surface area contributed by atoms with Gasteiger partial charge in [-0.15, -0.1) is 11.8 Å². The van der Waals surface area contributed by atoms with Crippen molar-refractivity contribution in [3.8, 4) is 5.75 Å². The summed E-state index contributed by atoms with van der Waals surface area (Å²) < 4.78 is 7.15. The topological polar surface area (TPSA) is 93.5 Å². The van der Waals surface area contributed by atoms with Crippen molar-refractivity contribution in [1.82, 2.24) is 15.1 Å². The lowest BCUT2D eigenvalue weighted by atomic mass is 10.3. The van der Waals surface area contributed by atoms with Gasteiger partial charge in [-0.1, -0.05) is 0 Å². The van der Waals surface area contributed by atoms with Crippen molar-refractivity contribution < 1.29 is 19.4 Å². The molecule has 20 heavy (non-hydrogen) atoms. The number of thioether (sulfide) groups is 1. The number of rotatable bonds is 8. The quantitative estimate of drug-likeness (QED) is 0.673. The fourth-order valence-corrected chi connectivity index (χ4v) is 2.14. The third kappa shape index (κ3) is 5.12. The molecule has 8 heteroatoms. The molecule has 1 heterocycles. The average molecular weight is 301 g/mol. The number of carbonyl (C=O) groups is 2. The lowest BCUT2D eigenvalue weighted by Crippen LogP contribution is -2.31. The van der Waals surface area contributed by atoms with Gasteiger partial charge >= 0.3 is 5.97 Å². The zero-order valence-corrected chi connectivity index (χ0v) is 12.6. The number of nitrogens with zero attached hydrogens (tertiary/aromatic N) is 2. The molecule has 0 aromatic carbocycles. The predicted molar refractivity (Wildman–Crippen MR) is 76.1 cm³/mol. The number of nitrogens with one attached hydrogen (secondary N) is 1. The molecule has 1 amide bonds. The first-order chi connectivity index (χ1) is 9.41. The van der Waals surface area contributed by atoms with Gasteiger partial charge in [0.2, 0.25) is 0 Å². The number of hydrogen-bond donors (Lipinski definition) is 2. The summed E-state index contributed by atoms with van der Waals surface area (Å²) in [7, 11) is 1.81. The first-order valence-electron chi connectivity index (χ1n) is 6.11. The van der Waals surface area contributed by atoms with Crippen LogP contribution in [-0.4, -0.2) is 51.4 Å². The normalized spacial score (nSPS) is 10.3. The molecule has 1 aromatic heterocycles. The van der Waals surface area contributed by atoms with Crippen LogP contribution in [0.1, 0.15) is 11.4 Å². The van der Waals surface area contributed by atoms with E-state index < -0.39 is 5.97 Å². The van der Waals surface area contributed by atoms with Crippen molar-refractivity contribution in [2.75, 3.05) is 24.7 Å². The first kappa shape index (κ1) is 16.4. The number of aliphatic carboxylic acids is 1. The lowest BCUT2D eigenvalue weighted by molar-refractivity contribution is -0.133. The van der Waals surface area contributed by atoms with E-state index in [1.807, 2.05) is 20.9 Å². The van der Waals surface area contributed by atoms with Gasteiger partial charge in [-0.25, -0.2) is 0 Å². The highest BCUT2D eigenvalue weighted by Gasteiger charge is 2.12. The second-order valence-corrected chi connectivity index (χ2v) is 5.31. The van der Waals surface area contributed by atoms with Gasteiger partial charge in [0.05, 0.1) is 11.4 Å². The molecular weight excluding hydrogens is 282 g/mol. The van der Waals surface area contributed by atoms with E-state index in [-0.39, 0.29) is 18.3 Å².